The molecule has 0 unspecified atom stereocenters. The van der Waals surface area contributed by atoms with E-state index in [0.29, 0.717) is 41.1 Å². The first kappa shape index (κ1) is 20.8. The van der Waals surface area contributed by atoms with Crippen molar-refractivity contribution < 1.29 is 23.1 Å². The second-order valence-electron chi connectivity index (χ2n) is 6.77. The van der Waals surface area contributed by atoms with Crippen molar-refractivity contribution in [3.63, 3.8) is 0 Å². The normalized spacial score (nSPS) is 11.6. The van der Waals surface area contributed by atoms with Crippen LogP contribution in [0.4, 0.5) is 19.0 Å². The van der Waals surface area contributed by atoms with E-state index >= 15 is 0 Å². The maximum atomic E-state index is 13.3. The zero-order valence-electron chi connectivity index (χ0n) is 16.0. The molecular formula is C22H16F3N3O2S. The SMILES string of the molecule is O=C(O)c1ccc(-c2nc(NCCc3ccccc3)c3cc(C(F)(F)F)sc3n2)cc1. The highest BCUT2D eigenvalue weighted by molar-refractivity contribution is 7.18. The number of nitrogens with one attached hydrogen (secondary N) is 1. The van der Waals surface area contributed by atoms with Crippen molar-refractivity contribution in [3.05, 3.63) is 76.7 Å². The van der Waals surface area contributed by atoms with E-state index in [1.807, 2.05) is 30.3 Å². The maximum Gasteiger partial charge on any atom is 0.425 e. The summed E-state index contributed by atoms with van der Waals surface area (Å²) in [5.74, 6) is -0.536. The highest BCUT2D eigenvalue weighted by atomic mass is 32.1. The van der Waals surface area contributed by atoms with Crippen LogP contribution in [0, 0.1) is 0 Å². The van der Waals surface area contributed by atoms with E-state index in [0.717, 1.165) is 11.6 Å². The van der Waals surface area contributed by atoms with Crippen LogP contribution in [0.5, 0.6) is 0 Å². The van der Waals surface area contributed by atoms with Gasteiger partial charge in [-0.15, -0.1) is 11.3 Å². The summed E-state index contributed by atoms with van der Waals surface area (Å²) in [5.41, 5.74) is 1.70. The van der Waals surface area contributed by atoms with Gasteiger partial charge in [0.25, 0.3) is 0 Å². The van der Waals surface area contributed by atoms with Crippen molar-refractivity contribution in [2.75, 3.05) is 11.9 Å². The number of halogens is 3. The van der Waals surface area contributed by atoms with Crippen molar-refractivity contribution in [3.8, 4) is 11.4 Å². The van der Waals surface area contributed by atoms with Crippen molar-refractivity contribution in [2.24, 2.45) is 0 Å². The third-order valence-electron chi connectivity index (χ3n) is 4.61. The fraction of sp³-hybridized carbons (Fsp3) is 0.136. The highest BCUT2D eigenvalue weighted by Crippen LogP contribution is 2.40. The summed E-state index contributed by atoms with van der Waals surface area (Å²) in [6.07, 6.45) is -3.80. The molecule has 0 amide bonds. The Bertz CT molecular complexity index is 1220. The number of alkyl halides is 3. The van der Waals surface area contributed by atoms with Crippen LogP contribution in [-0.2, 0) is 12.6 Å². The van der Waals surface area contributed by atoms with Crippen molar-refractivity contribution in [2.45, 2.75) is 12.6 Å². The number of thiophene rings is 1. The van der Waals surface area contributed by atoms with Crippen LogP contribution < -0.4 is 5.32 Å². The monoisotopic (exact) mass is 443 g/mol. The quantitative estimate of drug-likeness (QED) is 0.398. The molecule has 4 aromatic rings. The van der Waals surface area contributed by atoms with Gasteiger partial charge in [0.1, 0.15) is 15.5 Å². The first-order chi connectivity index (χ1) is 14.8. The highest BCUT2D eigenvalue weighted by Gasteiger charge is 2.33. The number of hydrogen-bond donors (Lipinski definition) is 2. The average Bonchev–Trinajstić information content (AvgIpc) is 3.20. The zero-order chi connectivity index (χ0) is 22.0. The minimum Gasteiger partial charge on any atom is -0.478 e. The third kappa shape index (κ3) is 4.66. The van der Waals surface area contributed by atoms with Crippen molar-refractivity contribution in [1.82, 2.24) is 9.97 Å². The van der Waals surface area contributed by atoms with Crippen molar-refractivity contribution in [1.29, 1.82) is 0 Å². The lowest BCUT2D eigenvalue weighted by atomic mass is 10.1. The molecule has 2 N–H and O–H groups in total. The smallest absolute Gasteiger partial charge is 0.425 e. The Morgan fingerprint density at radius 3 is 2.39 bits per heavy atom. The summed E-state index contributed by atoms with van der Waals surface area (Å²) < 4.78 is 39.8. The Hall–Kier alpha value is -3.46. The Morgan fingerprint density at radius 1 is 1.03 bits per heavy atom. The van der Waals surface area contributed by atoms with E-state index in [1.165, 1.54) is 24.3 Å². The van der Waals surface area contributed by atoms with Gasteiger partial charge in [-0.25, -0.2) is 14.8 Å². The number of carboxylic acid groups (broad SMARTS) is 1. The topological polar surface area (TPSA) is 75.1 Å². The van der Waals surface area contributed by atoms with Crippen LogP contribution in [0.15, 0.2) is 60.7 Å². The molecule has 0 aliphatic carbocycles. The van der Waals surface area contributed by atoms with E-state index in [4.69, 9.17) is 5.11 Å². The number of hydrogen-bond acceptors (Lipinski definition) is 5. The number of carboxylic acids is 1. The van der Waals surface area contributed by atoms with E-state index in [9.17, 15) is 18.0 Å². The number of carbonyl (C=O) groups is 1. The lowest BCUT2D eigenvalue weighted by Gasteiger charge is -2.09. The Kier molecular flexibility index (Phi) is 5.60. The van der Waals surface area contributed by atoms with E-state index < -0.39 is 17.0 Å². The molecule has 0 saturated carbocycles. The predicted octanol–water partition coefficient (Wildman–Crippen LogP) is 5.73. The minimum atomic E-state index is -4.48. The Balaban J connectivity index is 1.70. The molecule has 0 spiro atoms. The van der Waals surface area contributed by atoms with Gasteiger partial charge >= 0.3 is 12.1 Å². The number of fused-ring (bicyclic) bond motifs is 1. The molecule has 9 heteroatoms. The molecule has 158 valence electrons. The van der Waals surface area contributed by atoms with Gasteiger partial charge in [0.15, 0.2) is 5.82 Å². The number of rotatable bonds is 6. The van der Waals surface area contributed by atoms with Crippen LogP contribution in [0.3, 0.4) is 0 Å². The standard InChI is InChI=1S/C22H16F3N3O2S/c23-22(24,25)17-12-16-19(26-11-10-13-4-2-1-3-5-13)27-18(28-20(16)31-17)14-6-8-15(9-7-14)21(29)30/h1-9,12H,10-11H2,(H,29,30)(H,26,27,28). The molecule has 0 atom stereocenters. The summed E-state index contributed by atoms with van der Waals surface area (Å²) >= 11 is 0.555. The van der Waals surface area contributed by atoms with E-state index in [1.54, 1.807) is 0 Å². The van der Waals surface area contributed by atoms with Gasteiger partial charge in [-0.1, -0.05) is 42.5 Å². The summed E-state index contributed by atoms with van der Waals surface area (Å²) in [5, 5.41) is 12.5. The largest absolute Gasteiger partial charge is 0.478 e. The molecule has 0 radical (unpaired) electrons. The van der Waals surface area contributed by atoms with Gasteiger partial charge in [-0.2, -0.15) is 13.2 Å². The number of nitrogens with zero attached hydrogens (tertiary/aromatic N) is 2. The lowest BCUT2D eigenvalue weighted by Crippen LogP contribution is -2.07. The molecule has 2 heterocycles. The maximum absolute atomic E-state index is 13.3. The fourth-order valence-corrected chi connectivity index (χ4v) is 3.96. The van der Waals surface area contributed by atoms with E-state index in [-0.39, 0.29) is 16.2 Å². The summed E-state index contributed by atoms with van der Waals surface area (Å²) in [7, 11) is 0. The molecule has 31 heavy (non-hydrogen) atoms. The Morgan fingerprint density at radius 2 is 1.74 bits per heavy atom. The second kappa shape index (κ2) is 8.35. The second-order valence-corrected chi connectivity index (χ2v) is 7.80. The third-order valence-corrected chi connectivity index (χ3v) is 5.68. The van der Waals surface area contributed by atoms with Gasteiger partial charge < -0.3 is 10.4 Å². The molecule has 0 fully saturated rings. The van der Waals surface area contributed by atoms with Crippen molar-refractivity contribution >= 4 is 33.3 Å². The minimum absolute atomic E-state index is 0.0986. The summed E-state index contributed by atoms with van der Waals surface area (Å²) in [6.45, 7) is 0.477. The fourth-order valence-electron chi connectivity index (χ4n) is 3.06. The first-order valence-corrected chi connectivity index (χ1v) is 10.1. The summed E-state index contributed by atoms with van der Waals surface area (Å²) in [4.78, 5) is 19.3. The molecule has 4 rings (SSSR count). The number of benzene rings is 2. The molecule has 0 bridgehead atoms. The lowest BCUT2D eigenvalue weighted by molar-refractivity contribution is -0.134. The molecule has 2 aromatic carbocycles. The number of anilines is 1. The molecule has 0 aliphatic rings. The van der Waals surface area contributed by atoms with Crippen LogP contribution in [-0.4, -0.2) is 27.6 Å². The van der Waals surface area contributed by atoms with Gasteiger partial charge in [0.2, 0.25) is 0 Å². The number of aromatic nitrogens is 2. The molecule has 2 aromatic heterocycles. The van der Waals surface area contributed by atoms with Gasteiger partial charge in [-0.3, -0.25) is 0 Å². The average molecular weight is 443 g/mol. The van der Waals surface area contributed by atoms with Crippen LogP contribution in [0.25, 0.3) is 21.6 Å². The molecule has 0 saturated heterocycles. The molecule has 5 nitrogen and oxygen atoms in total. The van der Waals surface area contributed by atoms with Crippen LogP contribution in [0.1, 0.15) is 20.8 Å². The van der Waals surface area contributed by atoms with Gasteiger partial charge in [-0.05, 0) is 30.2 Å². The van der Waals surface area contributed by atoms with Crippen LogP contribution >= 0.6 is 11.3 Å². The number of aromatic carboxylic acids is 1. The molecule has 0 aliphatic heterocycles. The first-order valence-electron chi connectivity index (χ1n) is 9.31. The van der Waals surface area contributed by atoms with E-state index in [2.05, 4.69) is 15.3 Å². The summed E-state index contributed by atoms with van der Waals surface area (Å²) in [6, 6.07) is 16.6. The van der Waals surface area contributed by atoms with Gasteiger partial charge in [0.05, 0.1) is 10.9 Å². The zero-order valence-corrected chi connectivity index (χ0v) is 16.8. The Labute approximate surface area is 179 Å². The predicted molar refractivity (Wildman–Crippen MR) is 113 cm³/mol. The molecular weight excluding hydrogens is 427 g/mol. The van der Waals surface area contributed by atoms with Gasteiger partial charge in [0, 0.05) is 12.1 Å². The van der Waals surface area contributed by atoms with Crippen LogP contribution in [0.2, 0.25) is 0 Å².